The SMILES string of the molecule is COc1cc(/C=N\NC(=O)c2cccc(C)c2)cc(OC)c1OC. The number of aryl methyl sites for hydroxylation is 1. The van der Waals surface area contributed by atoms with Crippen LogP contribution >= 0.6 is 0 Å². The summed E-state index contributed by atoms with van der Waals surface area (Å²) in [5.74, 6) is 1.26. The number of ether oxygens (including phenoxy) is 3. The first-order valence-electron chi connectivity index (χ1n) is 7.29. The molecule has 1 N–H and O–H groups in total. The molecule has 0 spiro atoms. The molecule has 0 saturated heterocycles. The highest BCUT2D eigenvalue weighted by atomic mass is 16.5. The second-order valence-electron chi connectivity index (χ2n) is 5.03. The van der Waals surface area contributed by atoms with E-state index in [1.165, 1.54) is 27.5 Å². The molecule has 0 radical (unpaired) electrons. The number of methoxy groups -OCH3 is 3. The lowest BCUT2D eigenvalue weighted by Crippen LogP contribution is -2.17. The van der Waals surface area contributed by atoms with Gasteiger partial charge in [-0.3, -0.25) is 4.79 Å². The Morgan fingerprint density at radius 3 is 2.25 bits per heavy atom. The van der Waals surface area contributed by atoms with Gasteiger partial charge in [-0.25, -0.2) is 5.43 Å². The van der Waals surface area contributed by atoms with Crippen LogP contribution in [0.15, 0.2) is 41.5 Å². The van der Waals surface area contributed by atoms with Gasteiger partial charge in [0.25, 0.3) is 5.91 Å². The Hall–Kier alpha value is -3.02. The number of carbonyl (C=O) groups excluding carboxylic acids is 1. The summed E-state index contributed by atoms with van der Waals surface area (Å²) in [6, 6.07) is 10.8. The molecule has 6 heteroatoms. The van der Waals surface area contributed by atoms with E-state index in [0.29, 0.717) is 28.4 Å². The maximum absolute atomic E-state index is 12.0. The number of benzene rings is 2. The Kier molecular flexibility index (Phi) is 5.78. The average molecular weight is 328 g/mol. The van der Waals surface area contributed by atoms with E-state index in [-0.39, 0.29) is 5.91 Å². The summed E-state index contributed by atoms with van der Waals surface area (Å²) in [5.41, 5.74) is 4.76. The van der Waals surface area contributed by atoms with Crippen molar-refractivity contribution >= 4 is 12.1 Å². The second-order valence-corrected chi connectivity index (χ2v) is 5.03. The summed E-state index contributed by atoms with van der Waals surface area (Å²) in [5, 5.41) is 3.98. The number of amides is 1. The van der Waals surface area contributed by atoms with Gasteiger partial charge in [-0.05, 0) is 31.2 Å². The van der Waals surface area contributed by atoms with Crippen molar-refractivity contribution in [3.63, 3.8) is 0 Å². The van der Waals surface area contributed by atoms with Gasteiger partial charge in [-0.15, -0.1) is 0 Å². The molecule has 2 rings (SSSR count). The number of carbonyl (C=O) groups is 1. The summed E-state index contributed by atoms with van der Waals surface area (Å²) in [6.07, 6.45) is 1.51. The van der Waals surface area contributed by atoms with E-state index in [1.807, 2.05) is 19.1 Å². The van der Waals surface area contributed by atoms with E-state index < -0.39 is 0 Å². The average Bonchev–Trinajstić information content (AvgIpc) is 2.60. The lowest BCUT2D eigenvalue weighted by atomic mass is 10.1. The van der Waals surface area contributed by atoms with Crippen LogP contribution in [0.25, 0.3) is 0 Å². The van der Waals surface area contributed by atoms with Crippen LogP contribution in [0, 0.1) is 6.92 Å². The van der Waals surface area contributed by atoms with Crippen molar-refractivity contribution in [2.45, 2.75) is 6.92 Å². The maximum Gasteiger partial charge on any atom is 0.271 e. The molecule has 24 heavy (non-hydrogen) atoms. The topological polar surface area (TPSA) is 69.2 Å². The Bertz CT molecular complexity index is 731. The van der Waals surface area contributed by atoms with E-state index in [4.69, 9.17) is 14.2 Å². The van der Waals surface area contributed by atoms with Crippen molar-refractivity contribution in [2.24, 2.45) is 5.10 Å². The monoisotopic (exact) mass is 328 g/mol. The summed E-state index contributed by atoms with van der Waals surface area (Å²) in [7, 11) is 4.62. The molecular formula is C18H20N2O4. The molecule has 0 unspecified atom stereocenters. The van der Waals surface area contributed by atoms with E-state index in [9.17, 15) is 4.79 Å². The molecule has 0 saturated carbocycles. The predicted molar refractivity (Wildman–Crippen MR) is 92.3 cm³/mol. The van der Waals surface area contributed by atoms with Crippen LogP contribution in [0.3, 0.4) is 0 Å². The third-order valence-electron chi connectivity index (χ3n) is 3.35. The molecule has 0 aliphatic rings. The van der Waals surface area contributed by atoms with Gasteiger partial charge in [0.15, 0.2) is 11.5 Å². The predicted octanol–water partition coefficient (Wildman–Crippen LogP) is 2.78. The number of hydrogen-bond donors (Lipinski definition) is 1. The van der Waals surface area contributed by atoms with Gasteiger partial charge in [0.2, 0.25) is 5.75 Å². The van der Waals surface area contributed by atoms with Gasteiger partial charge in [-0.1, -0.05) is 17.7 Å². The van der Waals surface area contributed by atoms with Crippen LogP contribution in [0.5, 0.6) is 17.2 Å². The lowest BCUT2D eigenvalue weighted by Gasteiger charge is -2.12. The Morgan fingerprint density at radius 2 is 1.71 bits per heavy atom. The van der Waals surface area contributed by atoms with Gasteiger partial charge < -0.3 is 14.2 Å². The van der Waals surface area contributed by atoms with Gasteiger partial charge in [0.1, 0.15) is 0 Å². The van der Waals surface area contributed by atoms with Crippen LogP contribution in [0.4, 0.5) is 0 Å². The van der Waals surface area contributed by atoms with E-state index >= 15 is 0 Å². The van der Waals surface area contributed by atoms with Crippen molar-refractivity contribution in [1.82, 2.24) is 5.43 Å². The van der Waals surface area contributed by atoms with Crippen LogP contribution in [-0.4, -0.2) is 33.5 Å². The largest absolute Gasteiger partial charge is 0.493 e. The molecule has 6 nitrogen and oxygen atoms in total. The maximum atomic E-state index is 12.0. The van der Waals surface area contributed by atoms with Crippen LogP contribution in [0.1, 0.15) is 21.5 Å². The second kappa shape index (κ2) is 8.01. The summed E-state index contributed by atoms with van der Waals surface area (Å²) >= 11 is 0. The minimum Gasteiger partial charge on any atom is -0.493 e. The summed E-state index contributed by atoms with van der Waals surface area (Å²) in [6.45, 7) is 1.93. The number of hydrazone groups is 1. The fraction of sp³-hybridized carbons (Fsp3) is 0.222. The quantitative estimate of drug-likeness (QED) is 0.654. The Labute approximate surface area is 141 Å². The summed E-state index contributed by atoms with van der Waals surface area (Å²) in [4.78, 5) is 12.0. The van der Waals surface area contributed by atoms with E-state index in [1.54, 1.807) is 24.3 Å². The van der Waals surface area contributed by atoms with Crippen molar-refractivity contribution in [1.29, 1.82) is 0 Å². The molecule has 0 aliphatic carbocycles. The molecule has 0 aromatic heterocycles. The van der Waals surface area contributed by atoms with Gasteiger partial charge in [0, 0.05) is 11.1 Å². The molecular weight excluding hydrogens is 308 g/mol. The van der Waals surface area contributed by atoms with Crippen LogP contribution in [-0.2, 0) is 0 Å². The number of rotatable bonds is 6. The molecule has 0 atom stereocenters. The molecule has 126 valence electrons. The molecule has 0 fully saturated rings. The number of nitrogens with zero attached hydrogens (tertiary/aromatic N) is 1. The van der Waals surface area contributed by atoms with Crippen molar-refractivity contribution < 1.29 is 19.0 Å². The van der Waals surface area contributed by atoms with E-state index in [2.05, 4.69) is 10.5 Å². The third-order valence-corrected chi connectivity index (χ3v) is 3.35. The van der Waals surface area contributed by atoms with Crippen molar-refractivity contribution in [2.75, 3.05) is 21.3 Å². The standard InChI is InChI=1S/C18H20N2O4/c1-12-6-5-7-14(8-12)18(21)20-19-11-13-9-15(22-2)17(24-4)16(10-13)23-3/h5-11H,1-4H3,(H,20,21)/b19-11-. The molecule has 0 aliphatic heterocycles. The number of nitrogens with one attached hydrogen (secondary N) is 1. The molecule has 0 bridgehead atoms. The third kappa shape index (κ3) is 4.04. The highest BCUT2D eigenvalue weighted by molar-refractivity contribution is 5.95. The van der Waals surface area contributed by atoms with Crippen molar-refractivity contribution in [3.8, 4) is 17.2 Å². The fourth-order valence-corrected chi connectivity index (χ4v) is 2.19. The van der Waals surface area contributed by atoms with Crippen LogP contribution < -0.4 is 19.6 Å². The molecule has 2 aromatic rings. The zero-order valence-corrected chi connectivity index (χ0v) is 14.1. The Balaban J connectivity index is 2.15. The van der Waals surface area contributed by atoms with Gasteiger partial charge in [0.05, 0.1) is 27.5 Å². The Morgan fingerprint density at radius 1 is 1.04 bits per heavy atom. The number of hydrogen-bond acceptors (Lipinski definition) is 5. The minimum atomic E-state index is -0.276. The minimum absolute atomic E-state index is 0.276. The zero-order valence-electron chi connectivity index (χ0n) is 14.1. The smallest absolute Gasteiger partial charge is 0.271 e. The summed E-state index contributed by atoms with van der Waals surface area (Å²) < 4.78 is 15.8. The zero-order chi connectivity index (χ0) is 17.5. The first kappa shape index (κ1) is 17.3. The van der Waals surface area contributed by atoms with Crippen molar-refractivity contribution in [3.05, 3.63) is 53.1 Å². The normalized spacial score (nSPS) is 10.5. The lowest BCUT2D eigenvalue weighted by molar-refractivity contribution is 0.0955. The van der Waals surface area contributed by atoms with Crippen LogP contribution in [0.2, 0.25) is 0 Å². The molecule has 2 aromatic carbocycles. The van der Waals surface area contributed by atoms with E-state index in [0.717, 1.165) is 5.56 Å². The fourth-order valence-electron chi connectivity index (χ4n) is 2.19. The molecule has 1 amide bonds. The first-order valence-corrected chi connectivity index (χ1v) is 7.29. The van der Waals surface area contributed by atoms with Gasteiger partial charge in [-0.2, -0.15) is 5.10 Å². The highest BCUT2D eigenvalue weighted by Crippen LogP contribution is 2.37. The molecule has 0 heterocycles. The highest BCUT2D eigenvalue weighted by Gasteiger charge is 2.12. The van der Waals surface area contributed by atoms with Gasteiger partial charge >= 0.3 is 0 Å². The first-order chi connectivity index (χ1) is 11.6.